The highest BCUT2D eigenvalue weighted by Crippen LogP contribution is 2.20. The Morgan fingerprint density at radius 2 is 1.90 bits per heavy atom. The number of carbonyl (C=O) groups excluding carboxylic acids is 1. The van der Waals surface area contributed by atoms with Crippen molar-refractivity contribution in [1.82, 2.24) is 19.9 Å². The van der Waals surface area contributed by atoms with Crippen molar-refractivity contribution in [2.24, 2.45) is 0 Å². The minimum atomic E-state index is -0.155. The molecule has 0 unspecified atom stereocenters. The number of aryl methyl sites for hydroxylation is 2. The van der Waals surface area contributed by atoms with E-state index in [1.807, 2.05) is 61.7 Å². The molecule has 1 amide bonds. The molecule has 0 atom stereocenters. The summed E-state index contributed by atoms with van der Waals surface area (Å²) in [6.07, 6.45) is 0. The van der Waals surface area contributed by atoms with Gasteiger partial charge in [-0.3, -0.25) is 4.79 Å². The number of nitrogens with one attached hydrogen (secondary N) is 1. The van der Waals surface area contributed by atoms with E-state index in [-0.39, 0.29) is 5.91 Å². The number of para-hydroxylation sites is 3. The van der Waals surface area contributed by atoms with E-state index < -0.39 is 0 Å². The van der Waals surface area contributed by atoms with E-state index in [9.17, 15) is 4.79 Å². The maximum Gasteiger partial charge on any atom is 0.255 e. The molecule has 0 spiro atoms. The fourth-order valence-corrected chi connectivity index (χ4v) is 3.86. The Kier molecular flexibility index (Phi) is 5.57. The van der Waals surface area contributed by atoms with Gasteiger partial charge < -0.3 is 14.6 Å². The van der Waals surface area contributed by atoms with Gasteiger partial charge in [-0.15, -0.1) is 11.3 Å². The molecule has 6 nitrogen and oxygen atoms in total. The van der Waals surface area contributed by atoms with Crippen molar-refractivity contribution in [2.45, 2.75) is 27.0 Å². The lowest BCUT2D eigenvalue weighted by atomic mass is 10.2. The number of ether oxygens (including phenoxy) is 1. The standard InChI is InChI=1S/C22H22N4O2S/c1-15-24-19-8-4-5-9-20(19)26(15)12-11-23-22(27)18-7-3-6-10-21(18)28-13-17-14-29-16(2)25-17/h3-10,14H,11-13H2,1-2H3,(H,23,27). The van der Waals surface area contributed by atoms with Crippen LogP contribution in [0.1, 0.15) is 26.9 Å². The third-order valence-corrected chi connectivity index (χ3v) is 5.46. The zero-order valence-electron chi connectivity index (χ0n) is 16.4. The molecule has 2 heterocycles. The molecule has 0 fully saturated rings. The highest BCUT2D eigenvalue weighted by molar-refractivity contribution is 7.09. The van der Waals surface area contributed by atoms with Crippen LogP contribution in [0.15, 0.2) is 53.9 Å². The van der Waals surface area contributed by atoms with E-state index in [1.54, 1.807) is 17.4 Å². The third kappa shape index (κ3) is 4.30. The summed E-state index contributed by atoms with van der Waals surface area (Å²) < 4.78 is 7.97. The van der Waals surface area contributed by atoms with Crippen molar-refractivity contribution in [3.63, 3.8) is 0 Å². The molecule has 0 saturated carbocycles. The van der Waals surface area contributed by atoms with Crippen molar-refractivity contribution < 1.29 is 9.53 Å². The van der Waals surface area contributed by atoms with Crippen LogP contribution in [0.2, 0.25) is 0 Å². The highest BCUT2D eigenvalue weighted by Gasteiger charge is 2.13. The smallest absolute Gasteiger partial charge is 0.255 e. The molecule has 0 radical (unpaired) electrons. The summed E-state index contributed by atoms with van der Waals surface area (Å²) in [5, 5.41) is 5.96. The summed E-state index contributed by atoms with van der Waals surface area (Å²) >= 11 is 1.58. The summed E-state index contributed by atoms with van der Waals surface area (Å²) in [4.78, 5) is 21.7. The van der Waals surface area contributed by atoms with Crippen molar-refractivity contribution >= 4 is 28.3 Å². The molecule has 4 rings (SSSR count). The van der Waals surface area contributed by atoms with Crippen LogP contribution in [0.3, 0.4) is 0 Å². The summed E-state index contributed by atoms with van der Waals surface area (Å²) in [6, 6.07) is 15.3. The molecule has 148 valence electrons. The van der Waals surface area contributed by atoms with Crippen LogP contribution in [0.4, 0.5) is 0 Å². The molecule has 2 aromatic carbocycles. The molecular formula is C22H22N4O2S. The predicted molar refractivity (Wildman–Crippen MR) is 114 cm³/mol. The number of hydrogen-bond donors (Lipinski definition) is 1. The molecule has 0 aliphatic heterocycles. The van der Waals surface area contributed by atoms with E-state index in [4.69, 9.17) is 4.74 Å². The van der Waals surface area contributed by atoms with E-state index in [0.717, 1.165) is 27.6 Å². The summed E-state index contributed by atoms with van der Waals surface area (Å²) in [5.41, 5.74) is 3.42. The Morgan fingerprint density at radius 1 is 1.10 bits per heavy atom. The number of rotatable bonds is 7. The first kappa shape index (κ1) is 19.1. The molecule has 7 heteroatoms. The maximum absolute atomic E-state index is 12.7. The molecule has 0 saturated heterocycles. The van der Waals surface area contributed by atoms with Gasteiger partial charge in [0.2, 0.25) is 0 Å². The number of thiazole rings is 1. The van der Waals surface area contributed by atoms with Gasteiger partial charge >= 0.3 is 0 Å². The van der Waals surface area contributed by atoms with Crippen LogP contribution < -0.4 is 10.1 Å². The fourth-order valence-electron chi connectivity index (χ4n) is 3.26. The van der Waals surface area contributed by atoms with E-state index >= 15 is 0 Å². The second kappa shape index (κ2) is 8.45. The van der Waals surface area contributed by atoms with Crippen LogP contribution in [-0.4, -0.2) is 27.0 Å². The first-order chi connectivity index (χ1) is 14.1. The number of nitrogens with zero attached hydrogens (tertiary/aromatic N) is 3. The van der Waals surface area contributed by atoms with Gasteiger partial charge in [0.05, 0.1) is 27.3 Å². The molecule has 4 aromatic rings. The van der Waals surface area contributed by atoms with Gasteiger partial charge in [0, 0.05) is 18.5 Å². The molecule has 29 heavy (non-hydrogen) atoms. The van der Waals surface area contributed by atoms with Gasteiger partial charge in [0.25, 0.3) is 5.91 Å². The molecule has 0 aliphatic rings. The van der Waals surface area contributed by atoms with Crippen molar-refractivity contribution in [1.29, 1.82) is 0 Å². The second-order valence-electron chi connectivity index (χ2n) is 6.70. The molecule has 0 aliphatic carbocycles. The Bertz CT molecular complexity index is 1150. The SMILES string of the molecule is Cc1nc(COc2ccccc2C(=O)NCCn2c(C)nc3ccccc32)cs1. The fraction of sp³-hybridized carbons (Fsp3) is 0.227. The number of fused-ring (bicyclic) bond motifs is 1. The quantitative estimate of drug-likeness (QED) is 0.501. The molecular weight excluding hydrogens is 384 g/mol. The van der Waals surface area contributed by atoms with Crippen molar-refractivity contribution in [3.8, 4) is 5.75 Å². The van der Waals surface area contributed by atoms with Crippen molar-refractivity contribution in [2.75, 3.05) is 6.54 Å². The Morgan fingerprint density at radius 3 is 2.72 bits per heavy atom. The molecule has 2 aromatic heterocycles. The van der Waals surface area contributed by atoms with E-state index in [1.165, 1.54) is 0 Å². The molecule has 1 N–H and O–H groups in total. The van der Waals surface area contributed by atoms with Crippen molar-refractivity contribution in [3.05, 3.63) is 76.0 Å². The summed E-state index contributed by atoms with van der Waals surface area (Å²) in [7, 11) is 0. The lowest BCUT2D eigenvalue weighted by molar-refractivity contribution is 0.0947. The van der Waals surface area contributed by atoms with Crippen LogP contribution in [0.25, 0.3) is 11.0 Å². The average molecular weight is 407 g/mol. The number of carbonyl (C=O) groups is 1. The zero-order chi connectivity index (χ0) is 20.2. The minimum absolute atomic E-state index is 0.155. The Hall–Kier alpha value is -3.19. The van der Waals surface area contributed by atoms with E-state index in [2.05, 4.69) is 19.9 Å². The van der Waals surface area contributed by atoms with E-state index in [0.29, 0.717) is 31.0 Å². The molecule has 0 bridgehead atoms. The van der Waals surface area contributed by atoms with Crippen LogP contribution >= 0.6 is 11.3 Å². The topological polar surface area (TPSA) is 69.0 Å². The summed E-state index contributed by atoms with van der Waals surface area (Å²) in [6.45, 7) is 5.43. The zero-order valence-corrected chi connectivity index (χ0v) is 17.2. The van der Waals surface area contributed by atoms with Gasteiger partial charge in [-0.2, -0.15) is 0 Å². The normalized spacial score (nSPS) is 11.0. The Balaban J connectivity index is 1.40. The second-order valence-corrected chi connectivity index (χ2v) is 7.76. The predicted octanol–water partition coefficient (Wildman–Crippen LogP) is 4.12. The third-order valence-electron chi connectivity index (χ3n) is 4.64. The minimum Gasteiger partial charge on any atom is -0.486 e. The lowest BCUT2D eigenvalue weighted by Gasteiger charge is -2.12. The number of hydrogen-bond acceptors (Lipinski definition) is 5. The monoisotopic (exact) mass is 406 g/mol. The van der Waals surface area contributed by atoms with Gasteiger partial charge in [0.1, 0.15) is 18.2 Å². The number of aromatic nitrogens is 3. The highest BCUT2D eigenvalue weighted by atomic mass is 32.1. The maximum atomic E-state index is 12.7. The van der Waals surface area contributed by atoms with Crippen LogP contribution in [0, 0.1) is 13.8 Å². The van der Waals surface area contributed by atoms with Crippen LogP contribution in [0.5, 0.6) is 5.75 Å². The summed E-state index contributed by atoms with van der Waals surface area (Å²) in [5.74, 6) is 1.33. The number of amides is 1. The first-order valence-electron chi connectivity index (χ1n) is 9.45. The largest absolute Gasteiger partial charge is 0.486 e. The van der Waals surface area contributed by atoms with Crippen LogP contribution in [-0.2, 0) is 13.2 Å². The van der Waals surface area contributed by atoms with Gasteiger partial charge in [-0.25, -0.2) is 9.97 Å². The van der Waals surface area contributed by atoms with Gasteiger partial charge in [-0.1, -0.05) is 24.3 Å². The van der Waals surface area contributed by atoms with Gasteiger partial charge in [0.15, 0.2) is 0 Å². The number of imidazole rings is 1. The average Bonchev–Trinajstić information content (AvgIpc) is 3.29. The lowest BCUT2D eigenvalue weighted by Crippen LogP contribution is -2.27. The first-order valence-corrected chi connectivity index (χ1v) is 10.3. The number of benzene rings is 2. The Labute approximate surface area is 173 Å². The van der Waals surface area contributed by atoms with Gasteiger partial charge in [-0.05, 0) is 38.1 Å².